The van der Waals surface area contributed by atoms with E-state index < -0.39 is 113 Å². The Morgan fingerprint density at radius 2 is 1.68 bits per heavy atom. The number of carbonyl (C=O) groups excluding carboxylic acids is 6. The maximum Gasteiger partial charge on any atom is 0.408 e. The lowest BCUT2D eigenvalue weighted by molar-refractivity contribution is -0.347. The Morgan fingerprint density at radius 1 is 1.00 bits per heavy atom. The summed E-state index contributed by atoms with van der Waals surface area (Å²) in [6.07, 6.45) is -5.41. The van der Waals surface area contributed by atoms with Crippen LogP contribution in [0.3, 0.4) is 0 Å². The van der Waals surface area contributed by atoms with Crippen molar-refractivity contribution >= 4 is 35.8 Å². The number of cyclic esters (lactones) is 1. The number of Topliss-reactive ketones (excluding diaryl/α,β-unsaturated/α-hetero) is 1. The van der Waals surface area contributed by atoms with E-state index >= 15 is 4.79 Å². The summed E-state index contributed by atoms with van der Waals surface area (Å²) >= 11 is 0. The zero-order valence-electron chi connectivity index (χ0n) is 34.1. The smallest absolute Gasteiger partial charge is 0.408 e. The molecule has 0 aromatic rings. The number of aliphatic hydroxyl groups is 3. The van der Waals surface area contributed by atoms with Crippen LogP contribution in [0.5, 0.6) is 0 Å². The van der Waals surface area contributed by atoms with Crippen molar-refractivity contribution in [2.24, 2.45) is 22.7 Å². The van der Waals surface area contributed by atoms with E-state index in [1.807, 2.05) is 6.92 Å². The molecular weight excluding hydrogens is 746 g/mol. The first-order valence-electron chi connectivity index (χ1n) is 19.5. The van der Waals surface area contributed by atoms with E-state index in [4.69, 9.17) is 28.4 Å². The first-order valence-corrected chi connectivity index (χ1v) is 19.5. The zero-order chi connectivity index (χ0) is 42.4. The molecule has 0 aromatic heterocycles. The van der Waals surface area contributed by atoms with Gasteiger partial charge in [0.1, 0.15) is 30.5 Å². The normalized spacial score (nSPS) is 40.5. The van der Waals surface area contributed by atoms with Crippen molar-refractivity contribution in [3.8, 4) is 0 Å². The lowest BCUT2D eigenvalue weighted by atomic mass is 9.44. The van der Waals surface area contributed by atoms with Gasteiger partial charge >= 0.3 is 30.0 Å². The third kappa shape index (κ3) is 7.89. The van der Waals surface area contributed by atoms with E-state index in [1.165, 1.54) is 19.9 Å². The molecule has 3 fully saturated rings. The van der Waals surface area contributed by atoms with Gasteiger partial charge in [0.05, 0.1) is 30.1 Å². The van der Waals surface area contributed by atoms with Crippen LogP contribution in [0.4, 0.5) is 4.79 Å². The Balaban J connectivity index is 1.78. The summed E-state index contributed by atoms with van der Waals surface area (Å²) in [7, 11) is 0. The summed E-state index contributed by atoms with van der Waals surface area (Å²) in [5.74, 6) is -6.22. The van der Waals surface area contributed by atoms with Gasteiger partial charge in [0.15, 0.2) is 23.6 Å². The summed E-state index contributed by atoms with van der Waals surface area (Å²) in [6, 6.07) is -1.32. The highest BCUT2D eigenvalue weighted by molar-refractivity contribution is 5.95. The Hall–Kier alpha value is -4.12. The van der Waals surface area contributed by atoms with Gasteiger partial charge in [-0.05, 0) is 57.6 Å². The summed E-state index contributed by atoms with van der Waals surface area (Å²) in [5.41, 5.74) is -6.81. The highest BCUT2D eigenvalue weighted by Crippen LogP contribution is 2.64. The quantitative estimate of drug-likeness (QED) is 0.183. The van der Waals surface area contributed by atoms with Crippen molar-refractivity contribution in [2.75, 3.05) is 13.2 Å². The molecule has 16 nitrogen and oxygen atoms in total. The van der Waals surface area contributed by atoms with Gasteiger partial charge in [-0.15, -0.1) is 0 Å². The Kier molecular flexibility index (Phi) is 12.6. The number of ketones is 1. The third-order valence-corrected chi connectivity index (χ3v) is 12.7. The zero-order valence-corrected chi connectivity index (χ0v) is 34.1. The molecule has 16 heteroatoms. The van der Waals surface area contributed by atoms with Crippen LogP contribution in [0.15, 0.2) is 34.9 Å². The molecule has 5 rings (SSSR count). The molecule has 0 spiro atoms. The van der Waals surface area contributed by atoms with Crippen LogP contribution < -0.4 is 5.32 Å². The number of ether oxygens (including phenoxy) is 6. The van der Waals surface area contributed by atoms with Gasteiger partial charge in [0, 0.05) is 38.5 Å². The van der Waals surface area contributed by atoms with Gasteiger partial charge in [0.2, 0.25) is 0 Å². The number of hydrogen-bond acceptors (Lipinski definition) is 15. The van der Waals surface area contributed by atoms with Gasteiger partial charge in [-0.25, -0.2) is 9.59 Å². The predicted octanol–water partition coefficient (Wildman–Crippen LogP) is 2.69. The molecule has 2 saturated carbocycles. The lowest BCUT2D eigenvalue weighted by Crippen LogP contribution is -2.82. The minimum atomic E-state index is -2.32. The summed E-state index contributed by atoms with van der Waals surface area (Å²) < 4.78 is 35.3. The predicted molar refractivity (Wildman–Crippen MR) is 199 cm³/mol. The number of amides is 1. The number of fused-ring (bicyclic) bond motifs is 6. The number of carbonyl (C=O) groups is 6. The average Bonchev–Trinajstić information content (AvgIpc) is 3.09. The monoisotopic (exact) mass is 803 g/mol. The molecule has 3 aliphatic carbocycles. The van der Waals surface area contributed by atoms with Crippen LogP contribution in [-0.4, -0.2) is 118 Å². The molecule has 5 aliphatic rings. The highest BCUT2D eigenvalue weighted by Gasteiger charge is 2.78. The van der Waals surface area contributed by atoms with Crippen molar-refractivity contribution in [1.82, 2.24) is 5.32 Å². The Labute approximate surface area is 332 Å². The van der Waals surface area contributed by atoms with Crippen LogP contribution in [0, 0.1) is 22.7 Å². The SMILES string of the molecule is CC(=O)O[C@H]1C(=O)[C@@]2(C)[C@H]([C@@H]3OC(=O)C[C@@H](C)CC/C=C/COC(=O)N[C@@H](C=C(C)C)[C@@H](O)C(=O)O[C@H]4C[C@]3(O)C(C)(C)C1=C4C)[C@]1(OC(C)=O)CO[C@@H]1C[C@@H]2O. The molecular formula is C41H57NO15. The molecule has 4 N–H and O–H groups in total. The first kappa shape index (κ1) is 44.0. The molecule has 57 heavy (non-hydrogen) atoms. The minimum Gasteiger partial charge on any atom is -0.459 e. The molecule has 2 heterocycles. The molecule has 316 valence electrons. The second kappa shape index (κ2) is 16.3. The number of hydrogen-bond donors (Lipinski definition) is 4. The average molecular weight is 804 g/mol. The summed E-state index contributed by atoms with van der Waals surface area (Å²) in [5, 5.41) is 39.4. The number of nitrogens with one attached hydrogen (secondary N) is 1. The molecule has 3 bridgehead atoms. The molecule has 0 radical (unpaired) electrons. The van der Waals surface area contributed by atoms with E-state index in [1.54, 1.807) is 39.8 Å². The maximum absolute atomic E-state index is 15.3. The fourth-order valence-electron chi connectivity index (χ4n) is 9.63. The maximum atomic E-state index is 15.3. The largest absolute Gasteiger partial charge is 0.459 e. The number of allylic oxidation sites excluding steroid dienone is 2. The Bertz CT molecular complexity index is 1750. The van der Waals surface area contributed by atoms with Crippen LogP contribution in [0.1, 0.15) is 94.4 Å². The molecule has 0 unspecified atom stereocenters. The van der Waals surface area contributed by atoms with Gasteiger partial charge in [-0.1, -0.05) is 44.6 Å². The second-order valence-corrected chi connectivity index (χ2v) is 17.2. The third-order valence-electron chi connectivity index (χ3n) is 12.7. The van der Waals surface area contributed by atoms with Gasteiger partial charge in [0.25, 0.3) is 0 Å². The van der Waals surface area contributed by atoms with E-state index in [-0.39, 0.29) is 43.1 Å². The minimum absolute atomic E-state index is 0.0232. The van der Waals surface area contributed by atoms with Gasteiger partial charge in [-0.3, -0.25) is 19.2 Å². The summed E-state index contributed by atoms with van der Waals surface area (Å²) in [6.45, 7) is 13.2. The van der Waals surface area contributed by atoms with Crippen molar-refractivity contribution in [2.45, 2.75) is 148 Å². The van der Waals surface area contributed by atoms with Crippen LogP contribution in [-0.2, 0) is 52.4 Å². The molecule has 1 saturated heterocycles. The van der Waals surface area contributed by atoms with E-state index in [2.05, 4.69) is 5.32 Å². The standard InChI is InChI=1S/C41H57NO15/c1-20(2)15-25-31(47)36(49)55-26-18-41(51)35(56-29(46)16-21(3)13-11-10-12-14-52-37(50)42-25)33-39(9,27(45)17-28-40(33,19-53-28)57-24(6)44)34(48)32(54-23(5)43)30(22(26)4)38(41,7)8/h10,12,15,21,25-28,31-33,35,45,47,51H,11,13-14,16-19H2,1-9H3,(H,42,50)/b12-10+/t21-,25-,26-,27-,28+,31+,32+,33-,35-,39+,40-,41+/m0/s1. The van der Waals surface area contributed by atoms with E-state index in [0.717, 1.165) is 13.8 Å². The number of esters is 4. The van der Waals surface area contributed by atoms with Crippen LogP contribution in [0.25, 0.3) is 0 Å². The molecule has 12 atom stereocenters. The van der Waals surface area contributed by atoms with Crippen molar-refractivity contribution in [3.63, 3.8) is 0 Å². The molecule has 2 aliphatic heterocycles. The second-order valence-electron chi connectivity index (χ2n) is 17.2. The number of alkyl carbamates (subject to hydrolysis) is 1. The summed E-state index contributed by atoms with van der Waals surface area (Å²) in [4.78, 5) is 82.0. The molecule has 1 amide bonds. The van der Waals surface area contributed by atoms with Crippen molar-refractivity contribution in [1.29, 1.82) is 0 Å². The van der Waals surface area contributed by atoms with Crippen LogP contribution >= 0.6 is 0 Å². The van der Waals surface area contributed by atoms with Gasteiger partial charge in [-0.2, -0.15) is 0 Å². The first-order chi connectivity index (χ1) is 26.5. The van der Waals surface area contributed by atoms with E-state index in [9.17, 15) is 39.3 Å². The topological polar surface area (TPSA) is 231 Å². The van der Waals surface area contributed by atoms with Crippen molar-refractivity contribution in [3.05, 3.63) is 34.9 Å². The van der Waals surface area contributed by atoms with Crippen molar-refractivity contribution < 1.29 is 72.5 Å². The fraction of sp³-hybridized carbons (Fsp3) is 0.707. The lowest BCUT2D eigenvalue weighted by Gasteiger charge is -2.67. The molecule has 0 aromatic carbocycles. The number of rotatable bonds is 3. The van der Waals surface area contributed by atoms with Crippen LogP contribution in [0.2, 0.25) is 0 Å². The Morgan fingerprint density at radius 3 is 2.28 bits per heavy atom. The highest BCUT2D eigenvalue weighted by atomic mass is 16.6. The van der Waals surface area contributed by atoms with E-state index in [0.29, 0.717) is 18.4 Å². The fourth-order valence-corrected chi connectivity index (χ4v) is 9.63. The van der Waals surface area contributed by atoms with Gasteiger partial charge < -0.3 is 49.1 Å². The number of aliphatic hydroxyl groups excluding tert-OH is 2.